The second-order valence-corrected chi connectivity index (χ2v) is 3.96. The van der Waals surface area contributed by atoms with Crippen LogP contribution in [0.1, 0.15) is 18.5 Å². The first-order chi connectivity index (χ1) is 7.18. The Labute approximate surface area is 88.7 Å². The Morgan fingerprint density at radius 3 is 3.07 bits per heavy atom. The summed E-state index contributed by atoms with van der Waals surface area (Å²) in [5, 5.41) is 0. The molecule has 1 aliphatic rings. The maximum absolute atomic E-state index is 11.6. The molecule has 0 bridgehead atoms. The second kappa shape index (κ2) is 4.06. The summed E-state index contributed by atoms with van der Waals surface area (Å²) in [7, 11) is 0. The minimum Gasteiger partial charge on any atom is -0.397 e. The van der Waals surface area contributed by atoms with Gasteiger partial charge in [-0.15, -0.1) is 0 Å². The highest BCUT2D eigenvalue weighted by Gasteiger charge is 2.17. The highest BCUT2D eigenvalue weighted by Crippen LogP contribution is 2.15. The van der Waals surface area contributed by atoms with Crippen molar-refractivity contribution in [3.63, 3.8) is 0 Å². The Morgan fingerprint density at radius 1 is 1.60 bits per heavy atom. The van der Waals surface area contributed by atoms with E-state index in [1.807, 2.05) is 6.92 Å². The predicted octanol–water partition coefficient (Wildman–Crippen LogP) is 0.918. The van der Waals surface area contributed by atoms with E-state index in [0.717, 1.165) is 25.1 Å². The van der Waals surface area contributed by atoms with Crippen LogP contribution in [-0.2, 0) is 11.3 Å². The number of aromatic nitrogens is 1. The van der Waals surface area contributed by atoms with E-state index < -0.39 is 0 Å². The van der Waals surface area contributed by atoms with E-state index in [-0.39, 0.29) is 11.7 Å². The topological polar surface area (TPSA) is 57.2 Å². The average Bonchev–Trinajstić information content (AvgIpc) is 2.71. The SMILES string of the molecule is Cc1c(N)ccc(=O)n1C[C@@H]1CCCO1. The lowest BCUT2D eigenvalue weighted by atomic mass is 10.2. The van der Waals surface area contributed by atoms with Gasteiger partial charge in [0, 0.05) is 18.4 Å². The molecule has 4 heteroatoms. The van der Waals surface area contributed by atoms with Gasteiger partial charge in [-0.3, -0.25) is 4.79 Å². The molecule has 15 heavy (non-hydrogen) atoms. The van der Waals surface area contributed by atoms with Gasteiger partial charge >= 0.3 is 0 Å². The van der Waals surface area contributed by atoms with Gasteiger partial charge in [0.15, 0.2) is 0 Å². The molecule has 1 aliphatic heterocycles. The molecular formula is C11H16N2O2. The number of nitrogens with two attached hydrogens (primary N) is 1. The van der Waals surface area contributed by atoms with E-state index in [1.165, 1.54) is 6.07 Å². The average molecular weight is 208 g/mol. The predicted molar refractivity (Wildman–Crippen MR) is 58.8 cm³/mol. The van der Waals surface area contributed by atoms with E-state index in [4.69, 9.17) is 10.5 Å². The molecule has 0 spiro atoms. The number of nitrogens with zero attached hydrogens (tertiary/aromatic N) is 1. The largest absolute Gasteiger partial charge is 0.397 e. The quantitative estimate of drug-likeness (QED) is 0.786. The van der Waals surface area contributed by atoms with Crippen LogP contribution in [0.15, 0.2) is 16.9 Å². The van der Waals surface area contributed by atoms with E-state index in [1.54, 1.807) is 10.6 Å². The summed E-state index contributed by atoms with van der Waals surface area (Å²) in [4.78, 5) is 11.6. The van der Waals surface area contributed by atoms with Crippen LogP contribution in [0.2, 0.25) is 0 Å². The minimum atomic E-state index is -0.00259. The van der Waals surface area contributed by atoms with Crippen LogP contribution in [0.4, 0.5) is 5.69 Å². The normalized spacial score (nSPS) is 20.7. The molecule has 4 nitrogen and oxygen atoms in total. The fraction of sp³-hybridized carbons (Fsp3) is 0.545. The molecule has 0 radical (unpaired) electrons. The van der Waals surface area contributed by atoms with Crippen molar-refractivity contribution in [1.29, 1.82) is 0 Å². The highest BCUT2D eigenvalue weighted by atomic mass is 16.5. The van der Waals surface area contributed by atoms with Gasteiger partial charge < -0.3 is 15.0 Å². The standard InChI is InChI=1S/C11H16N2O2/c1-8-10(12)4-5-11(14)13(8)7-9-3-2-6-15-9/h4-5,9H,2-3,6-7,12H2,1H3/t9-/m0/s1. The number of hydrogen-bond donors (Lipinski definition) is 1. The molecule has 0 saturated carbocycles. The molecule has 1 atom stereocenters. The van der Waals surface area contributed by atoms with Crippen LogP contribution < -0.4 is 11.3 Å². The summed E-state index contributed by atoms with van der Waals surface area (Å²) < 4.78 is 7.21. The molecule has 1 fully saturated rings. The van der Waals surface area contributed by atoms with Gasteiger partial charge in [0.05, 0.1) is 18.3 Å². The van der Waals surface area contributed by atoms with Crippen molar-refractivity contribution in [2.24, 2.45) is 0 Å². The van der Waals surface area contributed by atoms with Crippen LogP contribution in [-0.4, -0.2) is 17.3 Å². The van der Waals surface area contributed by atoms with Crippen molar-refractivity contribution < 1.29 is 4.74 Å². The zero-order valence-electron chi connectivity index (χ0n) is 8.90. The molecule has 2 N–H and O–H groups in total. The lowest BCUT2D eigenvalue weighted by Crippen LogP contribution is -2.28. The maximum atomic E-state index is 11.6. The van der Waals surface area contributed by atoms with Crippen molar-refractivity contribution in [2.75, 3.05) is 12.3 Å². The Hall–Kier alpha value is -1.29. The monoisotopic (exact) mass is 208 g/mol. The Morgan fingerprint density at radius 2 is 2.40 bits per heavy atom. The maximum Gasteiger partial charge on any atom is 0.250 e. The molecule has 0 amide bonds. The molecule has 2 heterocycles. The van der Waals surface area contributed by atoms with Gasteiger partial charge in [0.1, 0.15) is 0 Å². The third-order valence-corrected chi connectivity index (χ3v) is 2.90. The molecule has 1 aromatic heterocycles. The molecule has 1 saturated heterocycles. The highest BCUT2D eigenvalue weighted by molar-refractivity contribution is 5.41. The Bertz CT molecular complexity index is 406. The van der Waals surface area contributed by atoms with Gasteiger partial charge in [-0.25, -0.2) is 0 Å². The summed E-state index contributed by atoms with van der Waals surface area (Å²) in [6.07, 6.45) is 2.28. The van der Waals surface area contributed by atoms with Crippen molar-refractivity contribution in [3.8, 4) is 0 Å². The summed E-state index contributed by atoms with van der Waals surface area (Å²) in [6, 6.07) is 3.17. The van der Waals surface area contributed by atoms with E-state index in [0.29, 0.717) is 12.2 Å². The molecule has 2 rings (SSSR count). The van der Waals surface area contributed by atoms with Crippen LogP contribution in [0.25, 0.3) is 0 Å². The first kappa shape index (κ1) is 10.2. The summed E-state index contributed by atoms with van der Waals surface area (Å²) in [5.74, 6) is 0. The Kier molecular flexibility index (Phi) is 2.77. The van der Waals surface area contributed by atoms with Gasteiger partial charge in [-0.05, 0) is 25.8 Å². The smallest absolute Gasteiger partial charge is 0.250 e. The number of pyridine rings is 1. The van der Waals surface area contributed by atoms with Gasteiger partial charge in [-0.1, -0.05) is 0 Å². The third kappa shape index (κ3) is 2.04. The van der Waals surface area contributed by atoms with Crippen LogP contribution in [0.3, 0.4) is 0 Å². The van der Waals surface area contributed by atoms with Crippen LogP contribution in [0.5, 0.6) is 0 Å². The number of rotatable bonds is 2. The van der Waals surface area contributed by atoms with E-state index in [9.17, 15) is 4.79 Å². The van der Waals surface area contributed by atoms with Crippen molar-refractivity contribution in [2.45, 2.75) is 32.4 Å². The summed E-state index contributed by atoms with van der Waals surface area (Å²) in [5.41, 5.74) is 7.25. The van der Waals surface area contributed by atoms with Crippen molar-refractivity contribution in [1.82, 2.24) is 4.57 Å². The number of anilines is 1. The first-order valence-corrected chi connectivity index (χ1v) is 5.26. The van der Waals surface area contributed by atoms with Gasteiger partial charge in [0.2, 0.25) is 0 Å². The van der Waals surface area contributed by atoms with Crippen molar-refractivity contribution in [3.05, 3.63) is 28.2 Å². The number of hydrogen-bond acceptors (Lipinski definition) is 3. The lowest BCUT2D eigenvalue weighted by molar-refractivity contribution is 0.0957. The minimum absolute atomic E-state index is 0.00259. The van der Waals surface area contributed by atoms with Crippen LogP contribution >= 0.6 is 0 Å². The molecular weight excluding hydrogens is 192 g/mol. The zero-order chi connectivity index (χ0) is 10.8. The van der Waals surface area contributed by atoms with Crippen LogP contribution in [0, 0.1) is 6.92 Å². The molecule has 0 aliphatic carbocycles. The van der Waals surface area contributed by atoms with E-state index >= 15 is 0 Å². The fourth-order valence-electron chi connectivity index (χ4n) is 1.91. The third-order valence-electron chi connectivity index (χ3n) is 2.90. The lowest BCUT2D eigenvalue weighted by Gasteiger charge is -2.15. The van der Waals surface area contributed by atoms with E-state index in [2.05, 4.69) is 0 Å². The second-order valence-electron chi connectivity index (χ2n) is 3.96. The molecule has 1 aromatic rings. The number of ether oxygens (including phenoxy) is 1. The summed E-state index contributed by atoms with van der Waals surface area (Å²) >= 11 is 0. The first-order valence-electron chi connectivity index (χ1n) is 5.26. The molecule has 0 aromatic carbocycles. The Balaban J connectivity index is 2.26. The van der Waals surface area contributed by atoms with Gasteiger partial charge in [0.25, 0.3) is 5.56 Å². The zero-order valence-corrected chi connectivity index (χ0v) is 8.90. The van der Waals surface area contributed by atoms with Gasteiger partial charge in [-0.2, -0.15) is 0 Å². The fourth-order valence-corrected chi connectivity index (χ4v) is 1.91. The molecule has 0 unspecified atom stereocenters. The number of nitrogen functional groups attached to an aromatic ring is 1. The van der Waals surface area contributed by atoms with Crippen molar-refractivity contribution >= 4 is 5.69 Å². The molecule has 82 valence electrons. The summed E-state index contributed by atoms with van der Waals surface area (Å²) in [6.45, 7) is 3.29.